The molecule has 0 saturated carbocycles. The third-order valence-corrected chi connectivity index (χ3v) is 6.20. The van der Waals surface area contributed by atoms with E-state index in [0.29, 0.717) is 18.4 Å². The molecule has 1 radical (unpaired) electrons. The van der Waals surface area contributed by atoms with Crippen LogP contribution in [0.2, 0.25) is 0 Å². The summed E-state index contributed by atoms with van der Waals surface area (Å²) in [6.45, 7) is 7.75. The van der Waals surface area contributed by atoms with Gasteiger partial charge in [0.25, 0.3) is 5.91 Å². The predicted octanol–water partition coefficient (Wildman–Crippen LogP) is 4.91. The molecule has 0 bridgehead atoms. The molecule has 1 amide bonds. The highest BCUT2D eigenvalue weighted by Crippen LogP contribution is 2.37. The van der Waals surface area contributed by atoms with Crippen LogP contribution in [-0.2, 0) is 5.21 Å². The summed E-state index contributed by atoms with van der Waals surface area (Å²) in [5, 5.41) is 17.1. The predicted molar refractivity (Wildman–Crippen MR) is 124 cm³/mol. The molecule has 1 fully saturated rings. The number of nitrogens with zero attached hydrogens (tertiary/aromatic N) is 3. The summed E-state index contributed by atoms with van der Waals surface area (Å²) >= 11 is 0. The molecule has 1 aliphatic rings. The topological polar surface area (TPSA) is 78.0 Å². The molecule has 4 rings (SSSR count). The molecule has 0 unspecified atom stereocenters. The van der Waals surface area contributed by atoms with E-state index >= 15 is 0 Å². The Hall–Kier alpha value is -3.09. The average Bonchev–Trinajstić information content (AvgIpc) is 2.78. The molecular formula is C26H29N4O2. The van der Waals surface area contributed by atoms with Gasteiger partial charge in [0.1, 0.15) is 0 Å². The van der Waals surface area contributed by atoms with Gasteiger partial charge in [-0.15, -0.1) is 10.3 Å². The van der Waals surface area contributed by atoms with Crippen LogP contribution in [0.25, 0.3) is 22.3 Å². The van der Waals surface area contributed by atoms with Gasteiger partial charge >= 0.3 is 0 Å². The number of carbonyl (C=O) groups is 1. The molecule has 1 saturated heterocycles. The lowest BCUT2D eigenvalue weighted by molar-refractivity contribution is -0.289. The van der Waals surface area contributed by atoms with Gasteiger partial charge in [-0.2, -0.15) is 0 Å². The Labute approximate surface area is 189 Å². The first kappa shape index (κ1) is 22.1. The van der Waals surface area contributed by atoms with Crippen molar-refractivity contribution in [2.45, 2.75) is 57.7 Å². The van der Waals surface area contributed by atoms with Crippen LogP contribution in [0, 0.1) is 0 Å². The highest BCUT2D eigenvalue weighted by molar-refractivity contribution is 6.02. The highest BCUT2D eigenvalue weighted by Gasteiger charge is 2.46. The number of hydrogen-bond donors (Lipinski definition) is 1. The van der Waals surface area contributed by atoms with E-state index in [4.69, 9.17) is 0 Å². The fourth-order valence-corrected chi connectivity index (χ4v) is 4.87. The van der Waals surface area contributed by atoms with Gasteiger partial charge in [0, 0.05) is 47.5 Å². The van der Waals surface area contributed by atoms with E-state index in [0.717, 1.165) is 22.3 Å². The average molecular weight is 430 g/mol. The zero-order chi connectivity index (χ0) is 22.9. The van der Waals surface area contributed by atoms with Gasteiger partial charge in [0.15, 0.2) is 0 Å². The minimum absolute atomic E-state index is 0.0902. The lowest BCUT2D eigenvalue weighted by atomic mass is 9.79. The van der Waals surface area contributed by atoms with Gasteiger partial charge < -0.3 is 5.32 Å². The normalized spacial score (nSPS) is 18.3. The standard InChI is InChI=1S/C26H29N4O2/c1-25(2)16-21(17-26(3,4)30(25)32)29-24(31)23-15-20(18-7-11-27-12-8-18)5-6-22(23)19-9-13-28-14-10-19/h5-15,21H,16-17H2,1-4H3,(H,29,31). The largest absolute Gasteiger partial charge is 0.349 e. The van der Waals surface area contributed by atoms with Crippen molar-refractivity contribution in [1.82, 2.24) is 20.3 Å². The van der Waals surface area contributed by atoms with Crippen LogP contribution in [0.4, 0.5) is 0 Å². The number of carbonyl (C=O) groups excluding carboxylic acids is 1. The third kappa shape index (κ3) is 4.42. The molecule has 0 atom stereocenters. The van der Waals surface area contributed by atoms with E-state index in [1.165, 1.54) is 5.06 Å². The third-order valence-electron chi connectivity index (χ3n) is 6.20. The minimum atomic E-state index is -0.549. The second-order valence-electron chi connectivity index (χ2n) is 9.73. The zero-order valence-electron chi connectivity index (χ0n) is 19.0. The van der Waals surface area contributed by atoms with Crippen LogP contribution in [0.3, 0.4) is 0 Å². The van der Waals surface area contributed by atoms with Crippen molar-refractivity contribution >= 4 is 5.91 Å². The number of nitrogens with one attached hydrogen (secondary N) is 1. The molecule has 6 nitrogen and oxygen atoms in total. The lowest BCUT2D eigenvalue weighted by Crippen LogP contribution is -2.62. The lowest BCUT2D eigenvalue weighted by Gasteiger charge is -2.50. The summed E-state index contributed by atoms with van der Waals surface area (Å²) in [4.78, 5) is 21.8. The van der Waals surface area contributed by atoms with Gasteiger partial charge in [-0.1, -0.05) is 12.1 Å². The van der Waals surface area contributed by atoms with Crippen LogP contribution in [0.5, 0.6) is 0 Å². The molecule has 0 spiro atoms. The summed E-state index contributed by atoms with van der Waals surface area (Å²) in [5.74, 6) is -0.135. The van der Waals surface area contributed by atoms with E-state index in [2.05, 4.69) is 15.3 Å². The second-order valence-corrected chi connectivity index (χ2v) is 9.73. The summed E-state index contributed by atoms with van der Waals surface area (Å²) in [6, 6.07) is 13.5. The number of hydroxylamine groups is 2. The smallest absolute Gasteiger partial charge is 0.252 e. The Morgan fingerprint density at radius 1 is 0.844 bits per heavy atom. The molecule has 32 heavy (non-hydrogen) atoms. The number of pyridine rings is 2. The molecule has 2 aromatic heterocycles. The van der Waals surface area contributed by atoms with Crippen LogP contribution in [-0.4, -0.2) is 38.1 Å². The first-order chi connectivity index (χ1) is 15.2. The SMILES string of the molecule is CC1(C)CC(NC(=O)c2cc(-c3ccncc3)ccc2-c2ccncc2)CC(C)(C)N1[O]. The number of amides is 1. The highest BCUT2D eigenvalue weighted by atomic mass is 16.5. The van der Waals surface area contributed by atoms with Crippen LogP contribution in [0.1, 0.15) is 50.9 Å². The monoisotopic (exact) mass is 429 g/mol. The minimum Gasteiger partial charge on any atom is -0.349 e. The Kier molecular flexibility index (Phi) is 5.84. The Balaban J connectivity index is 1.70. The van der Waals surface area contributed by atoms with E-state index in [-0.39, 0.29) is 11.9 Å². The van der Waals surface area contributed by atoms with Crippen molar-refractivity contribution in [3.05, 3.63) is 72.8 Å². The summed E-state index contributed by atoms with van der Waals surface area (Å²) in [6.07, 6.45) is 8.13. The molecule has 1 aromatic carbocycles. The van der Waals surface area contributed by atoms with E-state index in [1.54, 1.807) is 24.8 Å². The van der Waals surface area contributed by atoms with E-state index in [9.17, 15) is 10.0 Å². The van der Waals surface area contributed by atoms with E-state index < -0.39 is 11.1 Å². The Morgan fingerprint density at radius 2 is 1.38 bits per heavy atom. The van der Waals surface area contributed by atoms with Gasteiger partial charge in [-0.25, -0.2) is 0 Å². The summed E-state index contributed by atoms with van der Waals surface area (Å²) in [7, 11) is 0. The molecular weight excluding hydrogens is 400 g/mol. The molecule has 165 valence electrons. The number of hydrogen-bond acceptors (Lipinski definition) is 4. The van der Waals surface area contributed by atoms with Crippen molar-refractivity contribution < 1.29 is 10.0 Å². The quantitative estimate of drug-likeness (QED) is 0.639. The van der Waals surface area contributed by atoms with Crippen molar-refractivity contribution in [3.63, 3.8) is 0 Å². The Morgan fingerprint density at radius 3 is 1.94 bits per heavy atom. The first-order valence-electron chi connectivity index (χ1n) is 10.9. The summed E-state index contributed by atoms with van der Waals surface area (Å²) < 4.78 is 0. The maximum Gasteiger partial charge on any atom is 0.252 e. The maximum atomic E-state index is 13.6. The van der Waals surface area contributed by atoms with Crippen molar-refractivity contribution in [2.75, 3.05) is 0 Å². The molecule has 3 aromatic rings. The fourth-order valence-electron chi connectivity index (χ4n) is 4.87. The molecule has 3 heterocycles. The fraction of sp³-hybridized carbons (Fsp3) is 0.346. The molecule has 0 aliphatic carbocycles. The maximum absolute atomic E-state index is 13.6. The van der Waals surface area contributed by atoms with Crippen LogP contribution in [0.15, 0.2) is 67.3 Å². The number of rotatable bonds is 4. The van der Waals surface area contributed by atoms with Crippen molar-refractivity contribution in [1.29, 1.82) is 0 Å². The number of piperidine rings is 1. The van der Waals surface area contributed by atoms with Crippen molar-refractivity contribution in [3.8, 4) is 22.3 Å². The first-order valence-corrected chi connectivity index (χ1v) is 10.9. The van der Waals surface area contributed by atoms with Crippen LogP contribution < -0.4 is 5.32 Å². The number of benzene rings is 1. The van der Waals surface area contributed by atoms with Gasteiger partial charge in [-0.3, -0.25) is 14.8 Å². The number of aromatic nitrogens is 2. The van der Waals surface area contributed by atoms with Gasteiger partial charge in [-0.05, 0) is 93.1 Å². The van der Waals surface area contributed by atoms with E-state index in [1.807, 2.05) is 70.2 Å². The molecule has 1 N–H and O–H groups in total. The Bertz CT molecular complexity index is 1080. The molecule has 6 heteroatoms. The summed E-state index contributed by atoms with van der Waals surface area (Å²) in [5.41, 5.74) is 3.23. The van der Waals surface area contributed by atoms with Crippen molar-refractivity contribution in [2.24, 2.45) is 0 Å². The zero-order valence-corrected chi connectivity index (χ0v) is 19.0. The van der Waals surface area contributed by atoms with Crippen LogP contribution >= 0.6 is 0 Å². The van der Waals surface area contributed by atoms with Gasteiger partial charge in [0.2, 0.25) is 0 Å². The second kappa shape index (κ2) is 8.45. The molecule has 1 aliphatic heterocycles. The van der Waals surface area contributed by atoms with Gasteiger partial charge in [0.05, 0.1) is 0 Å².